The lowest BCUT2D eigenvalue weighted by molar-refractivity contribution is -0.148. The number of carbonyl (C=O) groups is 1. The van der Waals surface area contributed by atoms with E-state index < -0.39 is 0 Å². The molecule has 0 aromatic heterocycles. The molecule has 2 heteroatoms. The molecule has 0 bridgehead atoms. The summed E-state index contributed by atoms with van der Waals surface area (Å²) >= 11 is 0. The first kappa shape index (κ1) is 20.2. The van der Waals surface area contributed by atoms with E-state index in [1.54, 1.807) is 0 Å². The zero-order chi connectivity index (χ0) is 19.4. The third kappa shape index (κ3) is 4.65. The van der Waals surface area contributed by atoms with Crippen LogP contribution in [0.4, 0.5) is 0 Å². The monoisotopic (exact) mass is 368 g/mol. The number of hydrogen-bond acceptors (Lipinski definition) is 2. The lowest BCUT2D eigenvalue weighted by atomic mass is 9.64. The summed E-state index contributed by atoms with van der Waals surface area (Å²) in [5.41, 5.74) is 5.44. The van der Waals surface area contributed by atoms with Gasteiger partial charge >= 0.3 is 5.97 Å². The van der Waals surface area contributed by atoms with Gasteiger partial charge in [0.05, 0.1) is 5.41 Å². The van der Waals surface area contributed by atoms with E-state index in [-0.39, 0.29) is 17.5 Å². The van der Waals surface area contributed by atoms with Gasteiger partial charge in [0.15, 0.2) is 0 Å². The van der Waals surface area contributed by atoms with Crippen molar-refractivity contribution in [3.05, 3.63) is 46.6 Å². The summed E-state index contributed by atoms with van der Waals surface area (Å²) in [7, 11) is 0. The molecule has 0 radical (unpaired) electrons. The van der Waals surface area contributed by atoms with Gasteiger partial charge in [0, 0.05) is 5.92 Å². The summed E-state index contributed by atoms with van der Waals surface area (Å²) in [6.45, 7) is 8.74. The molecule has 1 spiro atoms. The Bertz CT molecular complexity index is 687. The Balaban J connectivity index is 1.78. The van der Waals surface area contributed by atoms with Crippen molar-refractivity contribution in [1.29, 1.82) is 0 Å². The molecule has 1 heterocycles. The summed E-state index contributed by atoms with van der Waals surface area (Å²) in [6.07, 6.45) is 18.7. The molecule has 148 valence electrons. The molecule has 1 aliphatic heterocycles. The standard InChI is InChI=1S/C25H36O2/c1-18(2)7-5-10-21-13-15-25(16-14-21)22-12-11-19(3)8-6-9-20(4)17-23(22)27-24(25)26/h7-8,13,17,22-23H,5-6,9-12,14-16H2,1-4H3/b19-8+,20-17+/t22?,23?,25-/m0/s1. The molecular weight excluding hydrogens is 332 g/mol. The average molecular weight is 369 g/mol. The van der Waals surface area contributed by atoms with Crippen LogP contribution in [0.1, 0.15) is 85.5 Å². The van der Waals surface area contributed by atoms with Crippen molar-refractivity contribution in [3.8, 4) is 0 Å². The van der Waals surface area contributed by atoms with Gasteiger partial charge in [-0.1, -0.05) is 40.5 Å². The maximum Gasteiger partial charge on any atom is 0.313 e. The molecule has 2 nitrogen and oxygen atoms in total. The van der Waals surface area contributed by atoms with Gasteiger partial charge in [0.2, 0.25) is 0 Å². The van der Waals surface area contributed by atoms with Gasteiger partial charge in [-0.25, -0.2) is 0 Å². The highest BCUT2D eigenvalue weighted by molar-refractivity contribution is 5.80. The molecule has 1 fully saturated rings. The number of allylic oxidation sites excluding steroid dienone is 7. The first-order valence-corrected chi connectivity index (χ1v) is 10.8. The zero-order valence-corrected chi connectivity index (χ0v) is 17.6. The van der Waals surface area contributed by atoms with E-state index >= 15 is 0 Å². The van der Waals surface area contributed by atoms with Gasteiger partial charge in [-0.2, -0.15) is 0 Å². The van der Waals surface area contributed by atoms with Crippen molar-refractivity contribution in [2.45, 2.75) is 91.6 Å². The second kappa shape index (κ2) is 8.63. The number of esters is 1. The smallest absolute Gasteiger partial charge is 0.313 e. The van der Waals surface area contributed by atoms with Crippen LogP contribution < -0.4 is 0 Å². The third-order valence-electron chi connectivity index (χ3n) is 6.75. The summed E-state index contributed by atoms with van der Waals surface area (Å²) in [5, 5.41) is 0. The Morgan fingerprint density at radius 1 is 1.19 bits per heavy atom. The molecule has 0 aromatic carbocycles. The second-order valence-electron chi connectivity index (χ2n) is 9.16. The minimum atomic E-state index is -0.291. The number of carbonyl (C=O) groups excluding carboxylic acids is 1. The van der Waals surface area contributed by atoms with E-state index in [1.807, 2.05) is 0 Å². The highest BCUT2D eigenvalue weighted by Crippen LogP contribution is 2.52. The highest BCUT2D eigenvalue weighted by Gasteiger charge is 2.55. The van der Waals surface area contributed by atoms with Crippen molar-refractivity contribution in [2.75, 3.05) is 0 Å². The average Bonchev–Trinajstić information content (AvgIpc) is 2.85. The fraction of sp³-hybridized carbons (Fsp3) is 0.640. The van der Waals surface area contributed by atoms with E-state index in [2.05, 4.69) is 52.0 Å². The van der Waals surface area contributed by atoms with E-state index in [9.17, 15) is 4.79 Å². The Labute approximate surface area is 165 Å². The predicted molar refractivity (Wildman–Crippen MR) is 112 cm³/mol. The third-order valence-corrected chi connectivity index (χ3v) is 6.75. The van der Waals surface area contributed by atoms with Crippen LogP contribution in [-0.2, 0) is 9.53 Å². The molecule has 27 heavy (non-hydrogen) atoms. The highest BCUT2D eigenvalue weighted by atomic mass is 16.6. The lowest BCUT2D eigenvalue weighted by Crippen LogP contribution is -2.36. The summed E-state index contributed by atoms with van der Waals surface area (Å²) in [6, 6.07) is 0. The minimum Gasteiger partial charge on any atom is -0.457 e. The number of ether oxygens (including phenoxy) is 1. The minimum absolute atomic E-state index is 0.0241. The van der Waals surface area contributed by atoms with E-state index in [0.717, 1.165) is 57.8 Å². The quantitative estimate of drug-likeness (QED) is 0.403. The van der Waals surface area contributed by atoms with Gasteiger partial charge in [-0.3, -0.25) is 4.79 Å². The van der Waals surface area contributed by atoms with Gasteiger partial charge in [0.1, 0.15) is 6.10 Å². The summed E-state index contributed by atoms with van der Waals surface area (Å²) in [4.78, 5) is 13.0. The molecule has 0 amide bonds. The van der Waals surface area contributed by atoms with E-state index in [0.29, 0.717) is 5.92 Å². The number of rotatable bonds is 3. The SMILES string of the molecule is CC(C)=CCCC1=CC[C@@]2(CC1)C(=O)OC1/C=C(\C)CC/C=C(\C)CCC12. The van der Waals surface area contributed by atoms with Crippen molar-refractivity contribution < 1.29 is 9.53 Å². The van der Waals surface area contributed by atoms with Crippen LogP contribution in [0.3, 0.4) is 0 Å². The number of fused-ring (bicyclic) bond motifs is 2. The Morgan fingerprint density at radius 2 is 2.00 bits per heavy atom. The molecule has 1 saturated heterocycles. The Morgan fingerprint density at radius 3 is 2.70 bits per heavy atom. The lowest BCUT2D eigenvalue weighted by Gasteiger charge is -2.35. The topological polar surface area (TPSA) is 26.3 Å². The maximum atomic E-state index is 13.0. The van der Waals surface area contributed by atoms with Gasteiger partial charge in [-0.05, 0) is 91.6 Å². The molecule has 2 unspecified atom stereocenters. The van der Waals surface area contributed by atoms with E-state index in [4.69, 9.17) is 4.74 Å². The molecule has 0 saturated carbocycles. The molecular formula is C25H36O2. The van der Waals surface area contributed by atoms with Crippen LogP contribution in [-0.4, -0.2) is 12.1 Å². The van der Waals surface area contributed by atoms with Gasteiger partial charge < -0.3 is 4.74 Å². The normalized spacial score (nSPS) is 35.3. The fourth-order valence-corrected chi connectivity index (χ4v) is 4.98. The van der Waals surface area contributed by atoms with Crippen molar-refractivity contribution in [1.82, 2.24) is 0 Å². The van der Waals surface area contributed by atoms with E-state index in [1.165, 1.54) is 22.3 Å². The molecule has 2 aliphatic carbocycles. The largest absolute Gasteiger partial charge is 0.457 e. The fourth-order valence-electron chi connectivity index (χ4n) is 4.98. The first-order chi connectivity index (χ1) is 12.9. The predicted octanol–water partition coefficient (Wildman–Crippen LogP) is 6.84. The van der Waals surface area contributed by atoms with Crippen LogP contribution in [0.5, 0.6) is 0 Å². The van der Waals surface area contributed by atoms with Crippen LogP contribution in [0.25, 0.3) is 0 Å². The van der Waals surface area contributed by atoms with Crippen LogP contribution in [0.2, 0.25) is 0 Å². The molecule has 3 rings (SSSR count). The molecule has 3 aliphatic rings. The van der Waals surface area contributed by atoms with Crippen LogP contribution >= 0.6 is 0 Å². The van der Waals surface area contributed by atoms with Crippen LogP contribution in [0, 0.1) is 11.3 Å². The summed E-state index contributed by atoms with van der Waals surface area (Å²) in [5.74, 6) is 0.374. The Kier molecular flexibility index (Phi) is 6.44. The maximum absolute atomic E-state index is 13.0. The van der Waals surface area contributed by atoms with Crippen LogP contribution in [0.15, 0.2) is 46.6 Å². The van der Waals surface area contributed by atoms with Crippen molar-refractivity contribution in [3.63, 3.8) is 0 Å². The Hall–Kier alpha value is -1.57. The molecule has 0 N–H and O–H groups in total. The molecule has 0 aromatic rings. The zero-order valence-electron chi connectivity index (χ0n) is 17.6. The van der Waals surface area contributed by atoms with Crippen molar-refractivity contribution in [2.24, 2.45) is 11.3 Å². The first-order valence-electron chi connectivity index (χ1n) is 10.8. The van der Waals surface area contributed by atoms with Gasteiger partial charge in [-0.15, -0.1) is 0 Å². The molecule has 3 atom stereocenters. The van der Waals surface area contributed by atoms with Gasteiger partial charge in [0.25, 0.3) is 0 Å². The number of hydrogen-bond donors (Lipinski definition) is 0. The summed E-state index contributed by atoms with van der Waals surface area (Å²) < 4.78 is 5.97. The van der Waals surface area contributed by atoms with Crippen molar-refractivity contribution >= 4 is 5.97 Å². The second-order valence-corrected chi connectivity index (χ2v) is 9.16.